The van der Waals surface area contributed by atoms with Crippen LogP contribution >= 0.6 is 12.4 Å². The van der Waals surface area contributed by atoms with Crippen molar-refractivity contribution in [2.75, 3.05) is 26.2 Å². The van der Waals surface area contributed by atoms with E-state index in [4.69, 9.17) is 0 Å². The van der Waals surface area contributed by atoms with Gasteiger partial charge >= 0.3 is 0 Å². The predicted molar refractivity (Wildman–Crippen MR) is 67.2 cm³/mol. The molecule has 2 aliphatic rings. The highest BCUT2D eigenvalue weighted by atomic mass is 35.5. The summed E-state index contributed by atoms with van der Waals surface area (Å²) in [7, 11) is 0. The number of imide groups is 1. The Morgan fingerprint density at radius 2 is 1.94 bits per heavy atom. The molecule has 0 radical (unpaired) electrons. The molecule has 2 saturated heterocycles. The summed E-state index contributed by atoms with van der Waals surface area (Å²) >= 11 is 0. The van der Waals surface area contributed by atoms with Crippen molar-refractivity contribution < 1.29 is 14.4 Å². The van der Waals surface area contributed by atoms with Crippen molar-refractivity contribution in [1.82, 2.24) is 15.5 Å². The summed E-state index contributed by atoms with van der Waals surface area (Å²) in [4.78, 5) is 36.2. The molecule has 102 valence electrons. The van der Waals surface area contributed by atoms with Crippen molar-refractivity contribution in [2.24, 2.45) is 5.92 Å². The van der Waals surface area contributed by atoms with E-state index < -0.39 is 0 Å². The van der Waals surface area contributed by atoms with Crippen LogP contribution in [-0.4, -0.2) is 48.8 Å². The van der Waals surface area contributed by atoms with Crippen LogP contribution < -0.4 is 10.6 Å². The van der Waals surface area contributed by atoms with E-state index in [1.54, 1.807) is 4.90 Å². The van der Waals surface area contributed by atoms with Gasteiger partial charge in [-0.15, -0.1) is 12.4 Å². The van der Waals surface area contributed by atoms with Crippen LogP contribution in [-0.2, 0) is 14.4 Å². The number of nitrogens with zero attached hydrogens (tertiary/aromatic N) is 1. The maximum Gasteiger partial charge on any atom is 0.230 e. The molecule has 0 aromatic carbocycles. The first-order valence-electron chi connectivity index (χ1n) is 5.99. The molecular formula is C11H18ClN3O3. The Hall–Kier alpha value is -1.14. The van der Waals surface area contributed by atoms with Gasteiger partial charge in [-0.1, -0.05) is 0 Å². The summed E-state index contributed by atoms with van der Waals surface area (Å²) in [6.07, 6.45) is 1.05. The highest BCUT2D eigenvalue weighted by Crippen LogP contribution is 2.17. The van der Waals surface area contributed by atoms with Gasteiger partial charge in [0, 0.05) is 44.9 Å². The SMILES string of the molecule is Cl.O=C1CCC(CC(=O)N2CCNCC2)C(=O)N1. The average Bonchev–Trinajstić information content (AvgIpc) is 2.34. The maximum absolute atomic E-state index is 11.9. The number of rotatable bonds is 2. The van der Waals surface area contributed by atoms with Gasteiger partial charge in [-0.3, -0.25) is 19.7 Å². The molecule has 0 aliphatic carbocycles. The molecule has 0 aromatic rings. The highest BCUT2D eigenvalue weighted by Gasteiger charge is 2.30. The maximum atomic E-state index is 11.9. The van der Waals surface area contributed by atoms with Gasteiger partial charge < -0.3 is 10.2 Å². The molecule has 0 aromatic heterocycles. The van der Waals surface area contributed by atoms with Crippen LogP contribution in [0.1, 0.15) is 19.3 Å². The standard InChI is InChI=1S/C11H17N3O3.ClH/c15-9-2-1-8(11(17)13-9)7-10(16)14-5-3-12-4-6-14;/h8,12H,1-7H2,(H,13,15,17);1H. The lowest BCUT2D eigenvalue weighted by molar-refractivity contribution is -0.141. The van der Waals surface area contributed by atoms with Gasteiger partial charge in [0.15, 0.2) is 0 Å². The molecule has 3 amide bonds. The van der Waals surface area contributed by atoms with Crippen molar-refractivity contribution in [1.29, 1.82) is 0 Å². The molecule has 2 heterocycles. The number of piperidine rings is 1. The number of hydrogen-bond donors (Lipinski definition) is 2. The number of amides is 3. The number of carbonyl (C=O) groups excluding carboxylic acids is 3. The fraction of sp³-hybridized carbons (Fsp3) is 0.727. The molecule has 0 saturated carbocycles. The molecule has 18 heavy (non-hydrogen) atoms. The van der Waals surface area contributed by atoms with Crippen LogP contribution in [0.5, 0.6) is 0 Å². The topological polar surface area (TPSA) is 78.5 Å². The van der Waals surface area contributed by atoms with Crippen molar-refractivity contribution >= 4 is 30.1 Å². The second kappa shape index (κ2) is 6.70. The number of carbonyl (C=O) groups is 3. The first kappa shape index (κ1) is 14.9. The van der Waals surface area contributed by atoms with Gasteiger partial charge in [0.05, 0.1) is 0 Å². The third-order valence-electron chi connectivity index (χ3n) is 3.24. The molecule has 7 heteroatoms. The van der Waals surface area contributed by atoms with E-state index in [0.717, 1.165) is 13.1 Å². The van der Waals surface area contributed by atoms with E-state index in [0.29, 0.717) is 25.9 Å². The first-order valence-corrected chi connectivity index (χ1v) is 5.99. The second-order valence-corrected chi connectivity index (χ2v) is 4.48. The molecule has 6 nitrogen and oxygen atoms in total. The molecule has 1 unspecified atom stereocenters. The monoisotopic (exact) mass is 275 g/mol. The molecule has 0 spiro atoms. The Morgan fingerprint density at radius 3 is 2.56 bits per heavy atom. The number of hydrogen-bond acceptors (Lipinski definition) is 4. The molecular weight excluding hydrogens is 258 g/mol. The van der Waals surface area contributed by atoms with Gasteiger partial charge in [0.2, 0.25) is 17.7 Å². The zero-order valence-corrected chi connectivity index (χ0v) is 10.9. The van der Waals surface area contributed by atoms with E-state index in [1.807, 2.05) is 0 Å². The van der Waals surface area contributed by atoms with Gasteiger partial charge in [-0.05, 0) is 6.42 Å². The highest BCUT2D eigenvalue weighted by molar-refractivity contribution is 6.00. The van der Waals surface area contributed by atoms with Gasteiger partial charge in [0.25, 0.3) is 0 Å². The van der Waals surface area contributed by atoms with E-state index in [2.05, 4.69) is 10.6 Å². The lowest BCUT2D eigenvalue weighted by Crippen LogP contribution is -2.48. The van der Waals surface area contributed by atoms with Crippen LogP contribution in [0.15, 0.2) is 0 Å². The largest absolute Gasteiger partial charge is 0.340 e. The van der Waals surface area contributed by atoms with Gasteiger partial charge in [-0.2, -0.15) is 0 Å². The zero-order valence-electron chi connectivity index (χ0n) is 10.1. The van der Waals surface area contributed by atoms with Gasteiger partial charge in [-0.25, -0.2) is 0 Å². The second-order valence-electron chi connectivity index (χ2n) is 4.48. The fourth-order valence-electron chi connectivity index (χ4n) is 2.19. The minimum Gasteiger partial charge on any atom is -0.340 e. The molecule has 1 atom stereocenters. The van der Waals surface area contributed by atoms with Crippen molar-refractivity contribution in [3.8, 4) is 0 Å². The van der Waals surface area contributed by atoms with Gasteiger partial charge in [0.1, 0.15) is 0 Å². The summed E-state index contributed by atoms with van der Waals surface area (Å²) in [6.45, 7) is 3.01. The summed E-state index contributed by atoms with van der Waals surface area (Å²) in [5.41, 5.74) is 0. The van der Waals surface area contributed by atoms with Crippen molar-refractivity contribution in [3.05, 3.63) is 0 Å². The van der Waals surface area contributed by atoms with E-state index in [1.165, 1.54) is 0 Å². The fourth-order valence-corrected chi connectivity index (χ4v) is 2.19. The average molecular weight is 276 g/mol. The number of piperazine rings is 1. The molecule has 2 rings (SSSR count). The minimum atomic E-state index is -0.338. The zero-order chi connectivity index (χ0) is 12.3. The Bertz CT molecular complexity index is 342. The quantitative estimate of drug-likeness (QED) is 0.652. The Balaban J connectivity index is 0.00000162. The number of halogens is 1. The van der Waals surface area contributed by atoms with E-state index in [-0.39, 0.29) is 42.5 Å². The molecule has 2 N–H and O–H groups in total. The van der Waals surface area contributed by atoms with Crippen LogP contribution in [0.3, 0.4) is 0 Å². The normalized spacial score (nSPS) is 24.2. The Morgan fingerprint density at radius 1 is 1.28 bits per heavy atom. The third kappa shape index (κ3) is 3.68. The molecule has 2 aliphatic heterocycles. The minimum absolute atomic E-state index is 0. The molecule has 2 fully saturated rings. The Labute approximate surface area is 112 Å². The van der Waals surface area contributed by atoms with Crippen LogP contribution in [0, 0.1) is 5.92 Å². The first-order chi connectivity index (χ1) is 8.16. The predicted octanol–water partition coefficient (Wildman–Crippen LogP) is -0.717. The van der Waals surface area contributed by atoms with Crippen LogP contribution in [0.25, 0.3) is 0 Å². The third-order valence-corrected chi connectivity index (χ3v) is 3.24. The van der Waals surface area contributed by atoms with E-state index >= 15 is 0 Å². The summed E-state index contributed by atoms with van der Waals surface area (Å²) in [5, 5.41) is 5.45. The summed E-state index contributed by atoms with van der Waals surface area (Å²) in [6, 6.07) is 0. The number of nitrogens with one attached hydrogen (secondary N) is 2. The smallest absolute Gasteiger partial charge is 0.230 e. The lowest BCUT2D eigenvalue weighted by atomic mass is 9.94. The van der Waals surface area contributed by atoms with Crippen molar-refractivity contribution in [2.45, 2.75) is 19.3 Å². The summed E-state index contributed by atoms with van der Waals surface area (Å²) < 4.78 is 0. The Kier molecular flexibility index (Phi) is 5.55. The van der Waals surface area contributed by atoms with Crippen LogP contribution in [0.2, 0.25) is 0 Å². The lowest BCUT2D eigenvalue weighted by Gasteiger charge is -2.29. The van der Waals surface area contributed by atoms with E-state index in [9.17, 15) is 14.4 Å². The van der Waals surface area contributed by atoms with Crippen LogP contribution in [0.4, 0.5) is 0 Å². The molecule has 0 bridgehead atoms. The summed E-state index contributed by atoms with van der Waals surface area (Å²) in [5.74, 6) is -0.860. The van der Waals surface area contributed by atoms with Crippen molar-refractivity contribution in [3.63, 3.8) is 0 Å².